The van der Waals surface area contributed by atoms with E-state index in [1.54, 1.807) is 25.3 Å². The van der Waals surface area contributed by atoms with E-state index in [9.17, 15) is 4.79 Å². The molecule has 23 heavy (non-hydrogen) atoms. The number of amides is 1. The van der Waals surface area contributed by atoms with E-state index in [4.69, 9.17) is 18.9 Å². The van der Waals surface area contributed by atoms with Crippen LogP contribution < -0.4 is 14.8 Å². The summed E-state index contributed by atoms with van der Waals surface area (Å²) in [7, 11) is 1.57. The molecule has 1 fully saturated rings. The number of benzene rings is 1. The number of carbonyl (C=O) groups is 1. The topological polar surface area (TPSA) is 66.0 Å². The van der Waals surface area contributed by atoms with Crippen LogP contribution in [0.4, 0.5) is 5.69 Å². The van der Waals surface area contributed by atoms with Gasteiger partial charge in [-0.15, -0.1) is 0 Å². The lowest BCUT2D eigenvalue weighted by Crippen LogP contribution is -2.23. The molecule has 6 nitrogen and oxygen atoms in total. The molecule has 1 aromatic carbocycles. The van der Waals surface area contributed by atoms with E-state index in [0.717, 1.165) is 25.9 Å². The molecule has 1 aromatic rings. The third-order valence-electron chi connectivity index (χ3n) is 3.47. The average Bonchev–Trinajstić information content (AvgIpc) is 2.56. The lowest BCUT2D eigenvalue weighted by atomic mass is 10.2. The minimum absolute atomic E-state index is 0.0600. The van der Waals surface area contributed by atoms with Gasteiger partial charge in [0.2, 0.25) is 5.91 Å². The minimum Gasteiger partial charge on any atom is -0.493 e. The molecule has 1 N–H and O–H groups in total. The van der Waals surface area contributed by atoms with Crippen molar-refractivity contribution in [1.82, 2.24) is 0 Å². The van der Waals surface area contributed by atoms with Crippen LogP contribution in [0.25, 0.3) is 0 Å². The standard InChI is InChI=1S/C17H25NO5/c1-13(19)18-14-7-8-15(16(12-14)20-2)21-10-5-11-23-17-6-3-4-9-22-17/h7-8,12,17H,3-6,9-11H2,1-2H3,(H,18,19). The molecule has 0 aromatic heterocycles. The number of hydrogen-bond donors (Lipinski definition) is 1. The Hall–Kier alpha value is -1.79. The molecule has 0 radical (unpaired) electrons. The van der Waals surface area contributed by atoms with E-state index in [1.165, 1.54) is 13.3 Å². The highest BCUT2D eigenvalue weighted by Gasteiger charge is 2.13. The molecule has 6 heteroatoms. The Morgan fingerprint density at radius 2 is 2.17 bits per heavy atom. The van der Waals surface area contributed by atoms with Gasteiger partial charge in [0.1, 0.15) is 0 Å². The lowest BCUT2D eigenvalue weighted by molar-refractivity contribution is -0.163. The Morgan fingerprint density at radius 1 is 1.30 bits per heavy atom. The number of nitrogens with one attached hydrogen (secondary N) is 1. The summed E-state index contributed by atoms with van der Waals surface area (Å²) in [5, 5.41) is 2.71. The van der Waals surface area contributed by atoms with Gasteiger partial charge in [-0.2, -0.15) is 0 Å². The van der Waals surface area contributed by atoms with Crippen LogP contribution >= 0.6 is 0 Å². The van der Waals surface area contributed by atoms with Crippen molar-refractivity contribution >= 4 is 11.6 Å². The zero-order valence-corrected chi connectivity index (χ0v) is 13.8. The predicted octanol–water partition coefficient (Wildman–Crippen LogP) is 2.97. The molecule has 1 aliphatic rings. The van der Waals surface area contributed by atoms with Crippen LogP contribution in [-0.4, -0.2) is 39.1 Å². The second-order valence-corrected chi connectivity index (χ2v) is 5.42. The molecule has 1 atom stereocenters. The first kappa shape index (κ1) is 17.6. The zero-order chi connectivity index (χ0) is 16.5. The second kappa shape index (κ2) is 9.37. The molecule has 1 unspecified atom stereocenters. The third kappa shape index (κ3) is 6.08. The Labute approximate surface area is 137 Å². The summed E-state index contributed by atoms with van der Waals surface area (Å²) in [5.74, 6) is 1.12. The van der Waals surface area contributed by atoms with E-state index < -0.39 is 0 Å². The first-order chi connectivity index (χ1) is 11.2. The van der Waals surface area contributed by atoms with Crippen molar-refractivity contribution in [2.24, 2.45) is 0 Å². The first-order valence-corrected chi connectivity index (χ1v) is 8.00. The van der Waals surface area contributed by atoms with Gasteiger partial charge in [-0.25, -0.2) is 0 Å². The number of ether oxygens (including phenoxy) is 4. The van der Waals surface area contributed by atoms with Crippen molar-refractivity contribution < 1.29 is 23.7 Å². The van der Waals surface area contributed by atoms with Crippen LogP contribution in [0, 0.1) is 0 Å². The van der Waals surface area contributed by atoms with Crippen LogP contribution in [0.3, 0.4) is 0 Å². The summed E-state index contributed by atoms with van der Waals surface area (Å²) in [6, 6.07) is 5.31. The Kier molecular flexibility index (Phi) is 7.16. The highest BCUT2D eigenvalue weighted by atomic mass is 16.7. The van der Waals surface area contributed by atoms with Gasteiger partial charge in [0.15, 0.2) is 17.8 Å². The van der Waals surface area contributed by atoms with Gasteiger partial charge >= 0.3 is 0 Å². The van der Waals surface area contributed by atoms with E-state index in [0.29, 0.717) is 30.4 Å². The molecular formula is C17H25NO5. The van der Waals surface area contributed by atoms with Crippen molar-refractivity contribution in [3.63, 3.8) is 0 Å². The van der Waals surface area contributed by atoms with Crippen molar-refractivity contribution in [3.05, 3.63) is 18.2 Å². The van der Waals surface area contributed by atoms with E-state index >= 15 is 0 Å². The fraction of sp³-hybridized carbons (Fsp3) is 0.588. The van der Waals surface area contributed by atoms with Crippen molar-refractivity contribution in [2.45, 2.75) is 38.9 Å². The van der Waals surface area contributed by atoms with Gasteiger partial charge in [-0.1, -0.05) is 0 Å². The van der Waals surface area contributed by atoms with E-state index in [2.05, 4.69) is 5.32 Å². The zero-order valence-electron chi connectivity index (χ0n) is 13.8. The van der Waals surface area contributed by atoms with Crippen LogP contribution in [0.5, 0.6) is 11.5 Å². The predicted molar refractivity (Wildman–Crippen MR) is 87.0 cm³/mol. The first-order valence-electron chi connectivity index (χ1n) is 8.00. The molecule has 2 rings (SSSR count). The van der Waals surface area contributed by atoms with Crippen molar-refractivity contribution in [2.75, 3.05) is 32.2 Å². The molecule has 1 aliphatic heterocycles. The van der Waals surface area contributed by atoms with Crippen molar-refractivity contribution in [3.8, 4) is 11.5 Å². The third-order valence-corrected chi connectivity index (χ3v) is 3.47. The Balaban J connectivity index is 1.72. The summed E-state index contributed by atoms with van der Waals surface area (Å²) in [4.78, 5) is 11.1. The minimum atomic E-state index is -0.122. The van der Waals surface area contributed by atoms with E-state index in [1.807, 2.05) is 0 Å². The highest BCUT2D eigenvalue weighted by Crippen LogP contribution is 2.30. The summed E-state index contributed by atoms with van der Waals surface area (Å²) in [5.41, 5.74) is 0.680. The molecule has 128 valence electrons. The fourth-order valence-electron chi connectivity index (χ4n) is 2.37. The Bertz CT molecular complexity index is 500. The molecule has 1 saturated heterocycles. The molecule has 1 heterocycles. The van der Waals surface area contributed by atoms with Crippen molar-refractivity contribution in [1.29, 1.82) is 0 Å². The normalized spacial score (nSPS) is 17.6. The molecule has 0 aliphatic carbocycles. The molecule has 1 amide bonds. The average molecular weight is 323 g/mol. The van der Waals surface area contributed by atoms with E-state index in [-0.39, 0.29) is 12.2 Å². The fourth-order valence-corrected chi connectivity index (χ4v) is 2.37. The SMILES string of the molecule is COc1cc(NC(C)=O)ccc1OCCCOC1CCCCO1. The van der Waals surface area contributed by atoms with Crippen LogP contribution in [-0.2, 0) is 14.3 Å². The molecule has 0 saturated carbocycles. The maximum absolute atomic E-state index is 11.1. The summed E-state index contributed by atoms with van der Waals surface area (Å²) < 4.78 is 22.2. The largest absolute Gasteiger partial charge is 0.493 e. The smallest absolute Gasteiger partial charge is 0.221 e. The summed E-state index contributed by atoms with van der Waals surface area (Å²) >= 11 is 0. The number of methoxy groups -OCH3 is 1. The van der Waals surface area contributed by atoms with Gasteiger partial charge in [0.25, 0.3) is 0 Å². The number of hydrogen-bond acceptors (Lipinski definition) is 5. The maximum Gasteiger partial charge on any atom is 0.221 e. The number of rotatable bonds is 8. The van der Waals surface area contributed by atoms with Gasteiger partial charge < -0.3 is 24.3 Å². The van der Waals surface area contributed by atoms with Crippen LogP contribution in [0.1, 0.15) is 32.6 Å². The number of anilines is 1. The van der Waals surface area contributed by atoms with Crippen LogP contribution in [0.15, 0.2) is 18.2 Å². The molecule has 0 spiro atoms. The quantitative estimate of drug-likeness (QED) is 0.745. The van der Waals surface area contributed by atoms with Gasteiger partial charge in [-0.05, 0) is 31.4 Å². The number of carbonyl (C=O) groups excluding carboxylic acids is 1. The molecule has 0 bridgehead atoms. The Morgan fingerprint density at radius 3 is 2.87 bits per heavy atom. The monoisotopic (exact) mass is 323 g/mol. The summed E-state index contributed by atoms with van der Waals surface area (Å²) in [6.45, 7) is 3.39. The van der Waals surface area contributed by atoms with Crippen LogP contribution in [0.2, 0.25) is 0 Å². The van der Waals surface area contributed by atoms with Gasteiger partial charge in [-0.3, -0.25) is 4.79 Å². The highest BCUT2D eigenvalue weighted by molar-refractivity contribution is 5.89. The molecular weight excluding hydrogens is 298 g/mol. The lowest BCUT2D eigenvalue weighted by Gasteiger charge is -2.22. The summed E-state index contributed by atoms with van der Waals surface area (Å²) in [6.07, 6.45) is 3.97. The maximum atomic E-state index is 11.1. The van der Waals surface area contributed by atoms with Gasteiger partial charge in [0.05, 0.1) is 20.3 Å². The van der Waals surface area contributed by atoms with Gasteiger partial charge in [0, 0.05) is 31.7 Å². The second-order valence-electron chi connectivity index (χ2n) is 5.42.